The van der Waals surface area contributed by atoms with Crippen molar-refractivity contribution >= 4 is 21.6 Å². The summed E-state index contributed by atoms with van der Waals surface area (Å²) in [5.41, 5.74) is 3.62. The highest BCUT2D eigenvalue weighted by Crippen LogP contribution is 2.23. The first-order valence-electron chi connectivity index (χ1n) is 10.7. The number of amides is 1. The van der Waals surface area contributed by atoms with Gasteiger partial charge in [-0.2, -0.15) is 4.31 Å². The highest BCUT2D eigenvalue weighted by molar-refractivity contribution is 7.89. The number of carbonyl (C=O) groups excluding carboxylic acids is 1. The zero-order valence-corrected chi connectivity index (χ0v) is 18.9. The number of rotatable bonds is 4. The van der Waals surface area contributed by atoms with Crippen LogP contribution in [0.15, 0.2) is 47.4 Å². The molecule has 2 fully saturated rings. The molecule has 0 radical (unpaired) electrons. The van der Waals surface area contributed by atoms with Gasteiger partial charge in [0.15, 0.2) is 0 Å². The Hall–Kier alpha value is -2.42. The van der Waals surface area contributed by atoms with E-state index in [1.807, 2.05) is 17.9 Å². The Bertz CT molecular complexity index is 1060. The number of ether oxygens (including phenoxy) is 1. The monoisotopic (exact) mass is 443 g/mol. The SMILES string of the molecule is Cc1cccc(N2CCN(C(=O)c3cc(S(=O)(=O)N4CCOCC4)ccc3C)CC2)c1. The van der Waals surface area contributed by atoms with Crippen molar-refractivity contribution in [2.45, 2.75) is 18.7 Å². The third-order valence-corrected chi connectivity index (χ3v) is 7.88. The molecule has 0 spiro atoms. The van der Waals surface area contributed by atoms with Crippen molar-refractivity contribution in [3.05, 3.63) is 59.2 Å². The first-order valence-corrected chi connectivity index (χ1v) is 12.1. The number of anilines is 1. The van der Waals surface area contributed by atoms with E-state index in [0.29, 0.717) is 45.0 Å². The van der Waals surface area contributed by atoms with Crippen LogP contribution in [0.4, 0.5) is 5.69 Å². The number of benzene rings is 2. The van der Waals surface area contributed by atoms with Crippen LogP contribution in [0.2, 0.25) is 0 Å². The minimum absolute atomic E-state index is 0.111. The first kappa shape index (κ1) is 21.8. The maximum atomic E-state index is 13.3. The molecule has 2 heterocycles. The number of aryl methyl sites for hydroxylation is 2. The summed E-state index contributed by atoms with van der Waals surface area (Å²) in [4.78, 5) is 17.5. The molecule has 8 heteroatoms. The standard InChI is InChI=1S/C23H29N3O4S/c1-18-4-3-5-20(16-18)24-8-10-25(11-9-24)23(27)22-17-21(7-6-19(22)2)31(28,29)26-12-14-30-15-13-26/h3-7,16-17H,8-15H2,1-2H3. The van der Waals surface area contributed by atoms with Crippen LogP contribution in [-0.2, 0) is 14.8 Å². The summed E-state index contributed by atoms with van der Waals surface area (Å²) in [6.07, 6.45) is 0. The quantitative estimate of drug-likeness (QED) is 0.725. The number of sulfonamides is 1. The number of nitrogens with zero attached hydrogens (tertiary/aromatic N) is 3. The molecule has 2 aliphatic rings. The average molecular weight is 444 g/mol. The number of morpholine rings is 1. The Labute approximate surface area is 184 Å². The Morgan fingerprint density at radius 3 is 2.29 bits per heavy atom. The van der Waals surface area contributed by atoms with Crippen molar-refractivity contribution in [3.63, 3.8) is 0 Å². The Morgan fingerprint density at radius 2 is 1.61 bits per heavy atom. The molecule has 0 aromatic heterocycles. The normalized spacial score (nSPS) is 18.3. The van der Waals surface area contributed by atoms with Gasteiger partial charge in [0.2, 0.25) is 10.0 Å². The molecule has 0 bridgehead atoms. The molecule has 2 aromatic carbocycles. The van der Waals surface area contributed by atoms with E-state index in [2.05, 4.69) is 30.0 Å². The van der Waals surface area contributed by atoms with Gasteiger partial charge in [-0.3, -0.25) is 4.79 Å². The van der Waals surface area contributed by atoms with Gasteiger partial charge in [-0.15, -0.1) is 0 Å². The lowest BCUT2D eigenvalue weighted by Gasteiger charge is -2.36. The minimum Gasteiger partial charge on any atom is -0.379 e. The average Bonchev–Trinajstić information content (AvgIpc) is 2.79. The van der Waals surface area contributed by atoms with E-state index in [1.54, 1.807) is 12.1 Å². The zero-order chi connectivity index (χ0) is 22.0. The van der Waals surface area contributed by atoms with E-state index in [1.165, 1.54) is 21.6 Å². The van der Waals surface area contributed by atoms with Crippen LogP contribution in [0.1, 0.15) is 21.5 Å². The van der Waals surface area contributed by atoms with Gasteiger partial charge in [0.1, 0.15) is 0 Å². The first-order chi connectivity index (χ1) is 14.9. The number of piperazine rings is 1. The highest BCUT2D eigenvalue weighted by atomic mass is 32.2. The predicted octanol–water partition coefficient (Wildman–Crippen LogP) is 2.29. The summed E-state index contributed by atoms with van der Waals surface area (Å²) in [6.45, 7) is 8.08. The Balaban J connectivity index is 1.49. The van der Waals surface area contributed by atoms with Gasteiger partial charge < -0.3 is 14.5 Å². The lowest BCUT2D eigenvalue weighted by Crippen LogP contribution is -2.49. The fourth-order valence-corrected chi connectivity index (χ4v) is 5.53. The van der Waals surface area contributed by atoms with Crippen LogP contribution in [-0.4, -0.2) is 76.0 Å². The van der Waals surface area contributed by atoms with Crippen molar-refractivity contribution in [3.8, 4) is 0 Å². The second kappa shape index (κ2) is 8.98. The van der Waals surface area contributed by atoms with Gasteiger partial charge in [0.25, 0.3) is 5.91 Å². The molecule has 0 saturated carbocycles. The van der Waals surface area contributed by atoms with Gasteiger partial charge >= 0.3 is 0 Å². The molecule has 7 nitrogen and oxygen atoms in total. The van der Waals surface area contributed by atoms with Crippen LogP contribution in [0.25, 0.3) is 0 Å². The maximum Gasteiger partial charge on any atom is 0.254 e. The molecule has 0 aliphatic carbocycles. The van der Waals surface area contributed by atoms with Crippen LogP contribution in [0.3, 0.4) is 0 Å². The van der Waals surface area contributed by atoms with E-state index in [4.69, 9.17) is 4.74 Å². The largest absolute Gasteiger partial charge is 0.379 e. The van der Waals surface area contributed by atoms with Gasteiger partial charge in [-0.05, 0) is 49.2 Å². The number of carbonyl (C=O) groups is 1. The molecule has 2 saturated heterocycles. The summed E-state index contributed by atoms with van der Waals surface area (Å²) in [5.74, 6) is -0.111. The fraction of sp³-hybridized carbons (Fsp3) is 0.435. The predicted molar refractivity (Wildman–Crippen MR) is 120 cm³/mol. The lowest BCUT2D eigenvalue weighted by molar-refractivity contribution is 0.0729. The van der Waals surface area contributed by atoms with Crippen molar-refractivity contribution in [2.24, 2.45) is 0 Å². The zero-order valence-electron chi connectivity index (χ0n) is 18.1. The molecule has 2 aliphatic heterocycles. The van der Waals surface area contributed by atoms with Gasteiger partial charge in [-0.25, -0.2) is 8.42 Å². The third kappa shape index (κ3) is 4.61. The molecule has 31 heavy (non-hydrogen) atoms. The van der Waals surface area contributed by atoms with E-state index in [-0.39, 0.29) is 10.8 Å². The summed E-state index contributed by atoms with van der Waals surface area (Å²) in [7, 11) is -3.64. The Morgan fingerprint density at radius 1 is 0.903 bits per heavy atom. The molecule has 166 valence electrons. The van der Waals surface area contributed by atoms with Crippen molar-refractivity contribution in [1.29, 1.82) is 0 Å². The van der Waals surface area contributed by atoms with E-state index in [0.717, 1.165) is 18.7 Å². The third-order valence-electron chi connectivity index (χ3n) is 5.98. The van der Waals surface area contributed by atoms with Crippen molar-refractivity contribution in [1.82, 2.24) is 9.21 Å². The van der Waals surface area contributed by atoms with E-state index >= 15 is 0 Å². The van der Waals surface area contributed by atoms with E-state index in [9.17, 15) is 13.2 Å². The molecule has 2 aromatic rings. The van der Waals surface area contributed by atoms with Crippen LogP contribution >= 0.6 is 0 Å². The smallest absolute Gasteiger partial charge is 0.254 e. The second-order valence-corrected chi connectivity index (χ2v) is 10.0. The number of hydrogen-bond donors (Lipinski definition) is 0. The molecular formula is C23H29N3O4S. The minimum atomic E-state index is -3.64. The number of hydrogen-bond acceptors (Lipinski definition) is 5. The van der Waals surface area contributed by atoms with Crippen molar-refractivity contribution in [2.75, 3.05) is 57.4 Å². The molecule has 1 amide bonds. The van der Waals surface area contributed by atoms with Crippen LogP contribution in [0.5, 0.6) is 0 Å². The van der Waals surface area contributed by atoms with Gasteiger partial charge in [0.05, 0.1) is 18.1 Å². The van der Waals surface area contributed by atoms with E-state index < -0.39 is 10.0 Å². The van der Waals surface area contributed by atoms with Gasteiger partial charge in [0, 0.05) is 50.5 Å². The summed E-state index contributed by atoms with van der Waals surface area (Å²) in [5, 5.41) is 0. The Kier molecular flexibility index (Phi) is 6.31. The topological polar surface area (TPSA) is 70.2 Å². The summed E-state index contributed by atoms with van der Waals surface area (Å²) >= 11 is 0. The molecule has 0 N–H and O–H groups in total. The molecule has 0 unspecified atom stereocenters. The molecule has 4 rings (SSSR count). The molecular weight excluding hydrogens is 414 g/mol. The van der Waals surface area contributed by atoms with Gasteiger partial charge in [-0.1, -0.05) is 18.2 Å². The van der Waals surface area contributed by atoms with Crippen LogP contribution in [0, 0.1) is 13.8 Å². The maximum absolute atomic E-state index is 13.3. The lowest BCUT2D eigenvalue weighted by atomic mass is 10.1. The highest BCUT2D eigenvalue weighted by Gasteiger charge is 2.29. The van der Waals surface area contributed by atoms with Crippen LogP contribution < -0.4 is 4.90 Å². The summed E-state index contributed by atoms with van der Waals surface area (Å²) in [6, 6.07) is 13.2. The fourth-order valence-electron chi connectivity index (χ4n) is 4.09. The van der Waals surface area contributed by atoms with Crippen molar-refractivity contribution < 1.29 is 17.9 Å². The molecule has 0 atom stereocenters. The second-order valence-electron chi connectivity index (χ2n) is 8.11. The summed E-state index contributed by atoms with van der Waals surface area (Å²) < 4.78 is 32.7.